The minimum atomic E-state index is -0.397. The normalized spacial score (nSPS) is 14.3. The van der Waals surface area contributed by atoms with E-state index in [0.717, 1.165) is 22.2 Å². The van der Waals surface area contributed by atoms with Gasteiger partial charge in [-0.3, -0.25) is 14.5 Å². The van der Waals surface area contributed by atoms with E-state index >= 15 is 0 Å². The molecule has 1 heterocycles. The predicted molar refractivity (Wildman–Crippen MR) is 143 cm³/mol. The molecule has 1 fully saturated rings. The summed E-state index contributed by atoms with van der Waals surface area (Å²) in [6.07, 6.45) is 1.66. The maximum Gasteiger partial charge on any atom is 0.293 e. The van der Waals surface area contributed by atoms with Gasteiger partial charge in [0.2, 0.25) is 0 Å². The van der Waals surface area contributed by atoms with Crippen molar-refractivity contribution in [3.8, 4) is 17.6 Å². The largest absolute Gasteiger partial charge is 0.490 e. The second-order valence-electron chi connectivity index (χ2n) is 8.07. The second-order valence-corrected chi connectivity index (χ2v) is 9.92. The lowest BCUT2D eigenvalue weighted by Crippen LogP contribution is -2.27. The van der Waals surface area contributed by atoms with Crippen LogP contribution in [0.3, 0.4) is 0 Å². The molecular weight excluding hydrogens is 540 g/mol. The smallest absolute Gasteiger partial charge is 0.293 e. The number of benzene rings is 3. The van der Waals surface area contributed by atoms with E-state index in [1.807, 2.05) is 44.2 Å². The first-order valence-corrected chi connectivity index (χ1v) is 12.9. The maximum absolute atomic E-state index is 13.0. The molecule has 0 N–H and O–H groups in total. The van der Waals surface area contributed by atoms with Crippen molar-refractivity contribution in [2.45, 2.75) is 27.0 Å². The summed E-state index contributed by atoms with van der Waals surface area (Å²) in [7, 11) is 0. The van der Waals surface area contributed by atoms with Crippen molar-refractivity contribution in [3.63, 3.8) is 0 Å². The second kappa shape index (κ2) is 11.5. The first-order chi connectivity index (χ1) is 17.4. The third-order valence-electron chi connectivity index (χ3n) is 5.47. The molecule has 182 valence electrons. The number of nitriles is 1. The molecule has 1 aliphatic heterocycles. The molecule has 8 heteroatoms. The molecule has 0 saturated carbocycles. The molecule has 2 amide bonds. The Bertz CT molecular complexity index is 1380. The van der Waals surface area contributed by atoms with Crippen LogP contribution in [0.2, 0.25) is 0 Å². The highest BCUT2D eigenvalue weighted by Gasteiger charge is 2.35. The molecule has 0 unspecified atom stereocenters. The highest BCUT2D eigenvalue weighted by atomic mass is 79.9. The monoisotopic (exact) mass is 562 g/mol. The molecule has 0 aliphatic carbocycles. The van der Waals surface area contributed by atoms with E-state index in [2.05, 4.69) is 22.0 Å². The molecule has 0 aromatic heterocycles. The number of imide groups is 1. The van der Waals surface area contributed by atoms with E-state index in [4.69, 9.17) is 9.47 Å². The van der Waals surface area contributed by atoms with Gasteiger partial charge in [-0.1, -0.05) is 48.0 Å². The molecule has 6 nitrogen and oxygen atoms in total. The van der Waals surface area contributed by atoms with E-state index in [1.165, 1.54) is 5.56 Å². The van der Waals surface area contributed by atoms with Crippen LogP contribution in [0.25, 0.3) is 6.08 Å². The molecular formula is C28H23BrN2O4S. The molecule has 4 rings (SSSR count). The summed E-state index contributed by atoms with van der Waals surface area (Å²) in [6.45, 7) is 4.78. The summed E-state index contributed by atoms with van der Waals surface area (Å²) in [5.74, 6) is 0.703. The zero-order valence-electron chi connectivity index (χ0n) is 19.8. The third kappa shape index (κ3) is 5.81. The number of carbonyl (C=O) groups excluding carboxylic acids is 2. The minimum absolute atomic E-state index is 0.0470. The predicted octanol–water partition coefficient (Wildman–Crippen LogP) is 6.84. The average Bonchev–Trinajstić information content (AvgIpc) is 3.12. The Morgan fingerprint density at radius 3 is 2.56 bits per heavy atom. The van der Waals surface area contributed by atoms with Gasteiger partial charge >= 0.3 is 0 Å². The van der Waals surface area contributed by atoms with Gasteiger partial charge < -0.3 is 9.47 Å². The SMILES string of the molecule is CCOc1cc(/C=C2/SC(=O)N(Cc3ccccc3C#N)C2=O)cc(Br)c1OCc1ccc(C)cc1. The molecule has 1 aliphatic rings. The third-order valence-corrected chi connectivity index (χ3v) is 6.97. The first kappa shape index (κ1) is 25.5. The molecule has 0 radical (unpaired) electrons. The van der Waals surface area contributed by atoms with Gasteiger partial charge in [0, 0.05) is 0 Å². The number of hydrogen-bond donors (Lipinski definition) is 0. The Kier molecular flexibility index (Phi) is 8.14. The van der Waals surface area contributed by atoms with Crippen LogP contribution in [0.1, 0.15) is 34.7 Å². The summed E-state index contributed by atoms with van der Waals surface area (Å²) in [4.78, 5) is 27.1. The first-order valence-electron chi connectivity index (χ1n) is 11.3. The summed E-state index contributed by atoms with van der Waals surface area (Å²) >= 11 is 4.44. The number of carbonyl (C=O) groups is 2. The lowest BCUT2D eigenvalue weighted by Gasteiger charge is -2.15. The Hall–Kier alpha value is -3.54. The average molecular weight is 563 g/mol. The quantitative estimate of drug-likeness (QED) is 0.279. The summed E-state index contributed by atoms with van der Waals surface area (Å²) in [6, 6.07) is 20.8. The Morgan fingerprint density at radius 2 is 1.83 bits per heavy atom. The molecule has 0 bridgehead atoms. The minimum Gasteiger partial charge on any atom is -0.490 e. The highest BCUT2D eigenvalue weighted by Crippen LogP contribution is 2.40. The number of halogens is 1. The number of thioether (sulfide) groups is 1. The molecule has 0 spiro atoms. The van der Waals surface area contributed by atoms with Gasteiger partial charge in [0.15, 0.2) is 11.5 Å². The van der Waals surface area contributed by atoms with Gasteiger partial charge in [-0.15, -0.1) is 0 Å². The zero-order valence-corrected chi connectivity index (χ0v) is 22.2. The van der Waals surface area contributed by atoms with Crippen molar-refractivity contribution in [2.24, 2.45) is 0 Å². The topological polar surface area (TPSA) is 79.6 Å². The molecule has 1 saturated heterocycles. The van der Waals surface area contributed by atoms with Crippen LogP contribution in [-0.4, -0.2) is 22.7 Å². The summed E-state index contributed by atoms with van der Waals surface area (Å²) < 4.78 is 12.6. The van der Waals surface area contributed by atoms with Gasteiger partial charge in [0.25, 0.3) is 11.1 Å². The molecule has 3 aromatic rings. The number of hydrogen-bond acceptors (Lipinski definition) is 6. The van der Waals surface area contributed by atoms with E-state index in [-0.39, 0.29) is 11.8 Å². The van der Waals surface area contributed by atoms with Gasteiger partial charge in [-0.2, -0.15) is 5.26 Å². The number of nitrogens with zero attached hydrogens (tertiary/aromatic N) is 2. The van der Waals surface area contributed by atoms with Crippen molar-refractivity contribution in [2.75, 3.05) is 6.61 Å². The van der Waals surface area contributed by atoms with Crippen LogP contribution in [0.5, 0.6) is 11.5 Å². The highest BCUT2D eigenvalue weighted by molar-refractivity contribution is 9.10. The Labute approximate surface area is 222 Å². The lowest BCUT2D eigenvalue weighted by molar-refractivity contribution is -0.123. The fourth-order valence-electron chi connectivity index (χ4n) is 3.64. The van der Waals surface area contributed by atoms with Crippen LogP contribution in [0.4, 0.5) is 4.79 Å². The summed E-state index contributed by atoms with van der Waals surface area (Å²) in [5, 5.41) is 8.95. The van der Waals surface area contributed by atoms with Gasteiger partial charge in [-0.25, -0.2) is 0 Å². The van der Waals surface area contributed by atoms with E-state index < -0.39 is 5.91 Å². The van der Waals surface area contributed by atoms with Crippen molar-refractivity contribution < 1.29 is 19.1 Å². The molecule has 36 heavy (non-hydrogen) atoms. The lowest BCUT2D eigenvalue weighted by atomic mass is 10.1. The number of amides is 2. The van der Waals surface area contributed by atoms with Crippen LogP contribution >= 0.6 is 27.7 Å². The van der Waals surface area contributed by atoms with Gasteiger partial charge in [-0.05, 0) is 82.5 Å². The van der Waals surface area contributed by atoms with E-state index in [1.54, 1.807) is 36.4 Å². The van der Waals surface area contributed by atoms with Crippen molar-refractivity contribution in [1.29, 1.82) is 5.26 Å². The Morgan fingerprint density at radius 1 is 1.08 bits per heavy atom. The number of rotatable bonds is 8. The number of ether oxygens (including phenoxy) is 2. The molecule has 3 aromatic carbocycles. The van der Waals surface area contributed by atoms with Crippen molar-refractivity contribution in [3.05, 3.63) is 97.9 Å². The fraction of sp³-hybridized carbons (Fsp3) is 0.179. The van der Waals surface area contributed by atoms with Crippen LogP contribution in [-0.2, 0) is 17.9 Å². The van der Waals surface area contributed by atoms with E-state index in [9.17, 15) is 14.9 Å². The van der Waals surface area contributed by atoms with Gasteiger partial charge in [0.05, 0.1) is 34.2 Å². The van der Waals surface area contributed by atoms with Crippen LogP contribution in [0, 0.1) is 18.3 Å². The summed E-state index contributed by atoms with van der Waals surface area (Å²) in [5.41, 5.74) is 3.96. The van der Waals surface area contributed by atoms with Gasteiger partial charge in [0.1, 0.15) is 6.61 Å². The van der Waals surface area contributed by atoms with Crippen LogP contribution < -0.4 is 9.47 Å². The van der Waals surface area contributed by atoms with Crippen molar-refractivity contribution in [1.82, 2.24) is 4.90 Å². The fourth-order valence-corrected chi connectivity index (χ4v) is 5.05. The zero-order chi connectivity index (χ0) is 25.7. The number of aryl methyl sites for hydroxylation is 1. The van der Waals surface area contributed by atoms with Crippen molar-refractivity contribution >= 4 is 44.9 Å². The molecule has 0 atom stereocenters. The maximum atomic E-state index is 13.0. The Balaban J connectivity index is 1.56. The standard InChI is InChI=1S/C28H23BrN2O4S/c1-3-34-24-13-20(12-23(29)26(24)35-17-19-10-8-18(2)9-11-19)14-25-27(32)31(28(33)36-25)16-22-7-5-4-6-21(22)15-30/h4-14H,3,16-17H2,1-2H3/b25-14+. The van der Waals surface area contributed by atoms with E-state index in [0.29, 0.717) is 50.8 Å². The van der Waals surface area contributed by atoms with Crippen LogP contribution in [0.15, 0.2) is 70.0 Å².